The van der Waals surface area contributed by atoms with Gasteiger partial charge in [0.05, 0.1) is 6.10 Å². The second-order valence-electron chi connectivity index (χ2n) is 5.49. The van der Waals surface area contributed by atoms with E-state index in [1.807, 2.05) is 37.8 Å². The number of pyridine rings is 1. The Labute approximate surface area is 120 Å². The molecule has 0 saturated carbocycles. The summed E-state index contributed by atoms with van der Waals surface area (Å²) >= 11 is 0. The highest BCUT2D eigenvalue weighted by Gasteiger charge is 2.22. The Balaban J connectivity index is 2.11. The largest absolute Gasteiger partial charge is 0.377 e. The van der Waals surface area contributed by atoms with Gasteiger partial charge in [-0.3, -0.25) is 4.79 Å². The van der Waals surface area contributed by atoms with Gasteiger partial charge in [-0.1, -0.05) is 6.07 Å². The SMILES string of the molecule is CC(C)Nc1cccc(C(=O)N2CCCOC(C)C2)n1. The van der Waals surface area contributed by atoms with Crippen molar-refractivity contribution in [3.63, 3.8) is 0 Å². The second kappa shape index (κ2) is 6.70. The van der Waals surface area contributed by atoms with Crippen molar-refractivity contribution in [1.29, 1.82) is 0 Å². The van der Waals surface area contributed by atoms with Gasteiger partial charge in [0.25, 0.3) is 5.91 Å². The van der Waals surface area contributed by atoms with Gasteiger partial charge in [-0.15, -0.1) is 0 Å². The molecule has 1 fully saturated rings. The van der Waals surface area contributed by atoms with Gasteiger partial charge in [0.1, 0.15) is 11.5 Å². The number of hydrogen-bond donors (Lipinski definition) is 1. The number of anilines is 1. The molecule has 110 valence electrons. The molecule has 0 aromatic carbocycles. The van der Waals surface area contributed by atoms with Gasteiger partial charge in [-0.05, 0) is 39.3 Å². The molecule has 1 amide bonds. The first-order valence-electron chi connectivity index (χ1n) is 7.20. The summed E-state index contributed by atoms with van der Waals surface area (Å²) in [5, 5.41) is 3.22. The fraction of sp³-hybridized carbons (Fsp3) is 0.600. The highest BCUT2D eigenvalue weighted by Crippen LogP contribution is 2.12. The van der Waals surface area contributed by atoms with Crippen molar-refractivity contribution in [2.24, 2.45) is 0 Å². The molecular formula is C15H23N3O2. The molecular weight excluding hydrogens is 254 g/mol. The van der Waals surface area contributed by atoms with Gasteiger partial charge in [-0.25, -0.2) is 4.98 Å². The summed E-state index contributed by atoms with van der Waals surface area (Å²) < 4.78 is 5.57. The zero-order chi connectivity index (χ0) is 14.5. The van der Waals surface area contributed by atoms with Crippen molar-refractivity contribution in [2.75, 3.05) is 25.0 Å². The fourth-order valence-electron chi connectivity index (χ4n) is 2.27. The maximum absolute atomic E-state index is 12.5. The first-order chi connectivity index (χ1) is 9.56. The molecule has 2 heterocycles. The standard InChI is InChI=1S/C15H23N3O2/c1-11(2)16-14-7-4-6-13(17-14)15(19)18-8-5-9-20-12(3)10-18/h4,6-7,11-12H,5,8-10H2,1-3H3,(H,16,17). The number of ether oxygens (including phenoxy) is 1. The van der Waals surface area contributed by atoms with Gasteiger partial charge >= 0.3 is 0 Å². The normalized spacial score (nSPS) is 19.8. The van der Waals surface area contributed by atoms with Crippen LogP contribution in [-0.4, -0.2) is 47.6 Å². The van der Waals surface area contributed by atoms with E-state index >= 15 is 0 Å². The van der Waals surface area contributed by atoms with E-state index in [0.29, 0.717) is 24.9 Å². The van der Waals surface area contributed by atoms with Crippen LogP contribution in [0.2, 0.25) is 0 Å². The van der Waals surface area contributed by atoms with Gasteiger partial charge in [-0.2, -0.15) is 0 Å². The average molecular weight is 277 g/mol. The monoisotopic (exact) mass is 277 g/mol. The van der Waals surface area contributed by atoms with Crippen molar-refractivity contribution < 1.29 is 9.53 Å². The van der Waals surface area contributed by atoms with Crippen LogP contribution in [0.25, 0.3) is 0 Å². The molecule has 0 spiro atoms. The third kappa shape index (κ3) is 3.93. The summed E-state index contributed by atoms with van der Waals surface area (Å²) in [7, 11) is 0. The van der Waals surface area contributed by atoms with Crippen LogP contribution in [0, 0.1) is 0 Å². The van der Waals surface area contributed by atoms with Crippen LogP contribution in [0.4, 0.5) is 5.82 Å². The molecule has 1 unspecified atom stereocenters. The van der Waals surface area contributed by atoms with E-state index in [2.05, 4.69) is 10.3 Å². The smallest absolute Gasteiger partial charge is 0.272 e. The molecule has 1 aromatic rings. The summed E-state index contributed by atoms with van der Waals surface area (Å²) in [6.07, 6.45) is 0.957. The summed E-state index contributed by atoms with van der Waals surface area (Å²) in [5.74, 6) is 0.722. The molecule has 1 saturated heterocycles. The number of carbonyl (C=O) groups excluding carboxylic acids is 1. The van der Waals surface area contributed by atoms with E-state index in [4.69, 9.17) is 4.74 Å². The van der Waals surface area contributed by atoms with Crippen molar-refractivity contribution in [3.8, 4) is 0 Å². The maximum Gasteiger partial charge on any atom is 0.272 e. The molecule has 1 aromatic heterocycles. The molecule has 1 N–H and O–H groups in total. The second-order valence-corrected chi connectivity index (χ2v) is 5.49. The number of amides is 1. The van der Waals surface area contributed by atoms with Crippen molar-refractivity contribution in [2.45, 2.75) is 39.3 Å². The Hall–Kier alpha value is -1.62. The molecule has 0 bridgehead atoms. The minimum atomic E-state index is -0.0187. The summed E-state index contributed by atoms with van der Waals surface area (Å²) in [6.45, 7) is 8.16. The molecule has 1 atom stereocenters. The number of rotatable bonds is 3. The van der Waals surface area contributed by atoms with Gasteiger partial charge in [0.15, 0.2) is 0 Å². The van der Waals surface area contributed by atoms with Crippen LogP contribution in [0.5, 0.6) is 0 Å². The molecule has 5 nitrogen and oxygen atoms in total. The third-order valence-corrected chi connectivity index (χ3v) is 3.14. The van der Waals surface area contributed by atoms with Crippen LogP contribution >= 0.6 is 0 Å². The third-order valence-electron chi connectivity index (χ3n) is 3.14. The number of nitrogens with zero attached hydrogens (tertiary/aromatic N) is 2. The molecule has 0 aliphatic carbocycles. The van der Waals surface area contributed by atoms with E-state index in [9.17, 15) is 4.79 Å². The molecule has 1 aliphatic rings. The van der Waals surface area contributed by atoms with Crippen LogP contribution in [-0.2, 0) is 4.74 Å². The van der Waals surface area contributed by atoms with Crippen molar-refractivity contribution >= 4 is 11.7 Å². The maximum atomic E-state index is 12.5. The lowest BCUT2D eigenvalue weighted by molar-refractivity contribution is 0.0559. The first-order valence-corrected chi connectivity index (χ1v) is 7.20. The van der Waals surface area contributed by atoms with E-state index < -0.39 is 0 Å². The lowest BCUT2D eigenvalue weighted by Crippen LogP contribution is -2.36. The van der Waals surface area contributed by atoms with E-state index in [1.54, 1.807) is 6.07 Å². The Morgan fingerprint density at radius 3 is 3.05 bits per heavy atom. The quantitative estimate of drug-likeness (QED) is 0.920. The van der Waals surface area contributed by atoms with Gasteiger partial charge < -0.3 is 15.0 Å². The lowest BCUT2D eigenvalue weighted by atomic mass is 10.2. The topological polar surface area (TPSA) is 54.5 Å². The Bertz CT molecular complexity index is 462. The van der Waals surface area contributed by atoms with Crippen molar-refractivity contribution in [3.05, 3.63) is 23.9 Å². The van der Waals surface area contributed by atoms with E-state index in [-0.39, 0.29) is 12.0 Å². The fourth-order valence-corrected chi connectivity index (χ4v) is 2.27. The number of aromatic nitrogens is 1. The van der Waals surface area contributed by atoms with Crippen molar-refractivity contribution in [1.82, 2.24) is 9.88 Å². The predicted molar refractivity (Wildman–Crippen MR) is 78.9 cm³/mol. The minimum Gasteiger partial charge on any atom is -0.377 e. The predicted octanol–water partition coefficient (Wildman–Crippen LogP) is 2.15. The highest BCUT2D eigenvalue weighted by atomic mass is 16.5. The number of hydrogen-bond acceptors (Lipinski definition) is 4. The molecule has 0 radical (unpaired) electrons. The molecule has 5 heteroatoms. The summed E-state index contributed by atoms with van der Waals surface area (Å²) in [5.41, 5.74) is 0.491. The first kappa shape index (κ1) is 14.8. The average Bonchev–Trinajstić information content (AvgIpc) is 2.62. The van der Waals surface area contributed by atoms with Gasteiger partial charge in [0.2, 0.25) is 0 Å². The van der Waals surface area contributed by atoms with Gasteiger partial charge in [0, 0.05) is 25.7 Å². The molecule has 20 heavy (non-hydrogen) atoms. The van der Waals surface area contributed by atoms with Crippen LogP contribution in [0.15, 0.2) is 18.2 Å². The van der Waals surface area contributed by atoms with E-state index in [1.165, 1.54) is 0 Å². The summed E-state index contributed by atoms with van der Waals surface area (Å²) in [6, 6.07) is 5.80. The van der Waals surface area contributed by atoms with Crippen LogP contribution < -0.4 is 5.32 Å². The Morgan fingerprint density at radius 1 is 1.50 bits per heavy atom. The van der Waals surface area contributed by atoms with Crippen LogP contribution in [0.3, 0.4) is 0 Å². The zero-order valence-corrected chi connectivity index (χ0v) is 12.4. The van der Waals surface area contributed by atoms with Crippen LogP contribution in [0.1, 0.15) is 37.7 Å². The van der Waals surface area contributed by atoms with E-state index in [0.717, 1.165) is 18.8 Å². The number of carbonyl (C=O) groups is 1. The molecule has 1 aliphatic heterocycles. The number of nitrogens with one attached hydrogen (secondary N) is 1. The zero-order valence-electron chi connectivity index (χ0n) is 12.4. The summed E-state index contributed by atoms with van der Waals surface area (Å²) in [4.78, 5) is 18.7. The highest BCUT2D eigenvalue weighted by molar-refractivity contribution is 5.92. The minimum absolute atomic E-state index is 0.0187. The molecule has 2 rings (SSSR count). The Kier molecular flexibility index (Phi) is 4.95. The Morgan fingerprint density at radius 2 is 2.30 bits per heavy atom. The lowest BCUT2D eigenvalue weighted by Gasteiger charge is -2.22.